The van der Waals surface area contributed by atoms with Crippen molar-refractivity contribution in [3.63, 3.8) is 0 Å². The molecule has 2 aliphatic rings. The van der Waals surface area contributed by atoms with Crippen LogP contribution in [0.25, 0.3) is 10.8 Å². The molecule has 4 aromatic rings. The van der Waals surface area contributed by atoms with Crippen LogP contribution in [0.4, 0.5) is 5.69 Å². The van der Waals surface area contributed by atoms with E-state index >= 15 is 0 Å². The van der Waals surface area contributed by atoms with Crippen molar-refractivity contribution in [1.29, 1.82) is 0 Å². The quantitative estimate of drug-likeness (QED) is 0.387. The Morgan fingerprint density at radius 1 is 0.605 bits per heavy atom. The zero-order valence-corrected chi connectivity index (χ0v) is 20.1. The van der Waals surface area contributed by atoms with Crippen molar-refractivity contribution < 1.29 is 29.4 Å². The van der Waals surface area contributed by atoms with Crippen LogP contribution in [0.3, 0.4) is 0 Å². The maximum Gasteiger partial charge on any atom is 0.265 e. The molecule has 8 heteroatoms. The fraction of sp³-hybridized carbons (Fsp3) is 0.133. The number of hydrogen-bond donors (Lipinski definition) is 2. The summed E-state index contributed by atoms with van der Waals surface area (Å²) in [6, 6.07) is 20.7. The number of hydrogen-bond acceptors (Lipinski definition) is 6. The van der Waals surface area contributed by atoms with Gasteiger partial charge in [-0.1, -0.05) is 42.5 Å². The topological polar surface area (TPSA) is 115 Å². The van der Waals surface area contributed by atoms with E-state index in [1.54, 1.807) is 54.6 Å². The summed E-state index contributed by atoms with van der Waals surface area (Å²) < 4.78 is 0. The third-order valence-electron chi connectivity index (χ3n) is 7.19. The number of aliphatic hydroxyl groups excluding tert-OH is 2. The van der Waals surface area contributed by atoms with Gasteiger partial charge < -0.3 is 10.2 Å². The first-order valence-corrected chi connectivity index (χ1v) is 12.2. The number of nitrogens with zero attached hydrogens (tertiary/aromatic N) is 2. The zero-order chi connectivity index (χ0) is 26.6. The number of amides is 4. The Morgan fingerprint density at radius 3 is 1.58 bits per heavy atom. The van der Waals surface area contributed by atoms with Gasteiger partial charge in [0.05, 0.1) is 18.3 Å². The molecule has 0 aromatic heterocycles. The highest BCUT2D eigenvalue weighted by molar-refractivity contribution is 6.39. The molecule has 2 N–H and O–H groups in total. The number of aliphatic hydroxyl groups is 2. The van der Waals surface area contributed by atoms with Gasteiger partial charge in [-0.05, 0) is 53.9 Å². The lowest BCUT2D eigenvalue weighted by atomic mass is 9.85. The molecule has 0 radical (unpaired) electrons. The van der Waals surface area contributed by atoms with E-state index in [2.05, 4.69) is 0 Å². The molecule has 188 valence electrons. The molecule has 0 spiro atoms. The molecule has 38 heavy (non-hydrogen) atoms. The summed E-state index contributed by atoms with van der Waals surface area (Å²) in [5, 5.41) is 19.9. The van der Waals surface area contributed by atoms with Gasteiger partial charge in [0, 0.05) is 39.6 Å². The molecular formula is C30H22N2O6. The van der Waals surface area contributed by atoms with E-state index in [-0.39, 0.29) is 39.6 Å². The van der Waals surface area contributed by atoms with E-state index in [0.717, 1.165) is 15.4 Å². The SMILES string of the molecule is O=C1c2ccc3c4c(ccc(c24)C(=O)N1c1ccc(CCO)cc1)C(=O)N(C(CO)c1ccccc1)C3=O. The first kappa shape index (κ1) is 23.7. The summed E-state index contributed by atoms with van der Waals surface area (Å²) >= 11 is 0. The number of benzene rings is 4. The lowest BCUT2D eigenvalue weighted by Gasteiger charge is -2.35. The lowest BCUT2D eigenvalue weighted by Crippen LogP contribution is -2.45. The van der Waals surface area contributed by atoms with Crippen molar-refractivity contribution in [2.24, 2.45) is 0 Å². The van der Waals surface area contributed by atoms with Crippen LogP contribution >= 0.6 is 0 Å². The second-order valence-electron chi connectivity index (χ2n) is 9.25. The van der Waals surface area contributed by atoms with Crippen LogP contribution in [0.2, 0.25) is 0 Å². The van der Waals surface area contributed by atoms with Gasteiger partial charge in [-0.15, -0.1) is 0 Å². The standard InChI is InChI=1S/C30H22N2O6/c33-15-14-17-6-8-19(9-7-17)31-27(35)20-10-12-22-26-23(13-11-21(25(20)26)28(31)36)30(38)32(29(22)37)24(16-34)18-4-2-1-3-5-18/h1-13,24,33-34H,14-16H2. The second kappa shape index (κ2) is 9.02. The maximum atomic E-state index is 13.6. The molecule has 2 heterocycles. The van der Waals surface area contributed by atoms with Gasteiger partial charge in [-0.2, -0.15) is 0 Å². The minimum atomic E-state index is -0.890. The Hall–Kier alpha value is -4.66. The van der Waals surface area contributed by atoms with Crippen molar-refractivity contribution in [3.8, 4) is 0 Å². The van der Waals surface area contributed by atoms with Crippen LogP contribution in [0.1, 0.15) is 58.6 Å². The van der Waals surface area contributed by atoms with E-state index in [4.69, 9.17) is 5.11 Å². The predicted molar refractivity (Wildman–Crippen MR) is 139 cm³/mol. The molecule has 1 atom stereocenters. The van der Waals surface area contributed by atoms with E-state index in [1.165, 1.54) is 24.3 Å². The molecule has 2 aliphatic heterocycles. The van der Waals surface area contributed by atoms with E-state index in [1.807, 2.05) is 0 Å². The molecule has 0 aliphatic carbocycles. The van der Waals surface area contributed by atoms with Gasteiger partial charge in [-0.3, -0.25) is 24.1 Å². The summed E-state index contributed by atoms with van der Waals surface area (Å²) in [4.78, 5) is 56.6. The number of imide groups is 2. The largest absolute Gasteiger partial charge is 0.396 e. The van der Waals surface area contributed by atoms with E-state index in [9.17, 15) is 24.3 Å². The molecular weight excluding hydrogens is 484 g/mol. The van der Waals surface area contributed by atoms with Crippen LogP contribution < -0.4 is 4.90 Å². The van der Waals surface area contributed by atoms with E-state index < -0.39 is 36.3 Å². The summed E-state index contributed by atoms with van der Waals surface area (Å²) in [7, 11) is 0. The third-order valence-corrected chi connectivity index (χ3v) is 7.19. The Morgan fingerprint density at radius 2 is 1.11 bits per heavy atom. The first-order valence-electron chi connectivity index (χ1n) is 12.2. The Labute approximate surface area is 217 Å². The van der Waals surface area contributed by atoms with Crippen molar-refractivity contribution in [2.75, 3.05) is 18.1 Å². The Kier molecular flexibility index (Phi) is 5.63. The van der Waals surface area contributed by atoms with Crippen molar-refractivity contribution in [1.82, 2.24) is 4.90 Å². The summed E-state index contributed by atoms with van der Waals surface area (Å²) in [6.45, 7) is -0.473. The molecule has 0 fully saturated rings. The van der Waals surface area contributed by atoms with Crippen LogP contribution in [-0.2, 0) is 6.42 Å². The van der Waals surface area contributed by atoms with Crippen LogP contribution in [-0.4, -0.2) is 52.0 Å². The van der Waals surface area contributed by atoms with Gasteiger partial charge in [0.2, 0.25) is 0 Å². The van der Waals surface area contributed by atoms with Gasteiger partial charge >= 0.3 is 0 Å². The molecule has 4 amide bonds. The highest BCUT2D eigenvalue weighted by atomic mass is 16.3. The molecule has 0 saturated carbocycles. The lowest BCUT2D eigenvalue weighted by molar-refractivity contribution is 0.0467. The normalized spacial score (nSPS) is 15.4. The van der Waals surface area contributed by atoms with Gasteiger partial charge in [-0.25, -0.2) is 4.90 Å². The van der Waals surface area contributed by atoms with Crippen molar-refractivity contribution >= 4 is 40.1 Å². The molecule has 4 aromatic carbocycles. The monoisotopic (exact) mass is 506 g/mol. The summed E-state index contributed by atoms with van der Waals surface area (Å²) in [6.07, 6.45) is 0.455. The minimum absolute atomic E-state index is 0.0137. The first-order chi connectivity index (χ1) is 18.5. The molecule has 6 rings (SSSR count). The average Bonchev–Trinajstić information content (AvgIpc) is 2.94. The maximum absolute atomic E-state index is 13.6. The van der Waals surface area contributed by atoms with Crippen molar-refractivity contribution in [2.45, 2.75) is 12.5 Å². The van der Waals surface area contributed by atoms with E-state index in [0.29, 0.717) is 17.7 Å². The molecule has 0 saturated heterocycles. The highest BCUT2D eigenvalue weighted by Gasteiger charge is 2.42. The Bertz CT molecular complexity index is 1570. The zero-order valence-electron chi connectivity index (χ0n) is 20.1. The fourth-order valence-electron chi connectivity index (χ4n) is 5.36. The average molecular weight is 507 g/mol. The number of carbonyl (C=O) groups is 4. The van der Waals surface area contributed by atoms with Gasteiger partial charge in [0.1, 0.15) is 0 Å². The van der Waals surface area contributed by atoms with Crippen LogP contribution in [0, 0.1) is 0 Å². The van der Waals surface area contributed by atoms with Gasteiger partial charge in [0.25, 0.3) is 23.6 Å². The van der Waals surface area contributed by atoms with Crippen LogP contribution in [0.5, 0.6) is 0 Å². The minimum Gasteiger partial charge on any atom is -0.396 e. The second-order valence-corrected chi connectivity index (χ2v) is 9.25. The number of carbonyl (C=O) groups excluding carboxylic acids is 4. The predicted octanol–water partition coefficient (Wildman–Crippen LogP) is 3.50. The number of rotatable bonds is 6. The molecule has 8 nitrogen and oxygen atoms in total. The third kappa shape index (κ3) is 3.38. The fourth-order valence-corrected chi connectivity index (χ4v) is 5.36. The molecule has 0 bridgehead atoms. The highest BCUT2D eigenvalue weighted by Crippen LogP contribution is 2.40. The van der Waals surface area contributed by atoms with Crippen LogP contribution in [0.15, 0.2) is 78.9 Å². The summed E-state index contributed by atoms with van der Waals surface area (Å²) in [5.41, 5.74) is 2.68. The molecule has 1 unspecified atom stereocenters. The number of anilines is 1. The summed E-state index contributed by atoms with van der Waals surface area (Å²) in [5.74, 6) is -2.31. The van der Waals surface area contributed by atoms with Crippen molar-refractivity contribution in [3.05, 3.63) is 112 Å². The smallest absolute Gasteiger partial charge is 0.265 e. The van der Waals surface area contributed by atoms with Gasteiger partial charge in [0.15, 0.2) is 0 Å². The Balaban J connectivity index is 1.47.